The van der Waals surface area contributed by atoms with Crippen LogP contribution in [0.4, 0.5) is 0 Å². The van der Waals surface area contributed by atoms with E-state index in [-0.39, 0.29) is 0 Å². The maximum atomic E-state index is 6.84. The van der Waals surface area contributed by atoms with Crippen molar-refractivity contribution >= 4 is 33.6 Å². The zero-order valence-corrected chi connectivity index (χ0v) is 14.2. The van der Waals surface area contributed by atoms with E-state index in [1.54, 1.807) is 0 Å². The molecule has 0 aromatic heterocycles. The molecule has 1 heterocycles. The Labute approximate surface area is 141 Å². The highest BCUT2D eigenvalue weighted by molar-refractivity contribution is 6.51. The van der Waals surface area contributed by atoms with Gasteiger partial charge in [-0.05, 0) is 36.1 Å². The number of rotatable bonds is 1. The van der Waals surface area contributed by atoms with Gasteiger partial charge in [0, 0.05) is 11.1 Å². The predicted molar refractivity (Wildman–Crippen MR) is 96.4 cm³/mol. The lowest BCUT2D eigenvalue weighted by Crippen LogP contribution is -2.17. The highest BCUT2D eigenvalue weighted by Crippen LogP contribution is 2.47. The summed E-state index contributed by atoms with van der Waals surface area (Å²) in [6, 6.07) is 12.5. The number of fused-ring (bicyclic) bond motifs is 4. The molecule has 2 aromatic rings. The smallest absolute Gasteiger partial charge is 0.169 e. The van der Waals surface area contributed by atoms with Gasteiger partial charge in [-0.25, -0.2) is 4.58 Å². The van der Waals surface area contributed by atoms with Crippen molar-refractivity contribution in [2.75, 3.05) is 14.1 Å². The molecule has 0 N–H and O–H groups in total. The van der Waals surface area contributed by atoms with Crippen LogP contribution in [0.5, 0.6) is 5.75 Å². The van der Waals surface area contributed by atoms with Crippen LogP contribution >= 0.6 is 11.6 Å². The fourth-order valence-corrected chi connectivity index (χ4v) is 3.85. The number of benzene rings is 2. The highest BCUT2D eigenvalue weighted by Gasteiger charge is 2.30. The molecule has 0 fully saturated rings. The molecule has 116 valence electrons. The molecule has 2 aliphatic rings. The van der Waals surface area contributed by atoms with E-state index in [0.29, 0.717) is 0 Å². The summed E-state index contributed by atoms with van der Waals surface area (Å²) in [5.41, 5.74) is 3.41. The Bertz CT molecular complexity index is 901. The van der Waals surface area contributed by atoms with Crippen molar-refractivity contribution in [2.24, 2.45) is 0 Å². The van der Waals surface area contributed by atoms with Crippen LogP contribution in [-0.2, 0) is 0 Å². The minimum atomic E-state index is 0.849. The number of nitrogens with zero attached hydrogens (tertiary/aromatic N) is 1. The second kappa shape index (κ2) is 5.54. The van der Waals surface area contributed by atoms with Crippen molar-refractivity contribution in [1.29, 1.82) is 0 Å². The molecule has 2 aromatic carbocycles. The zero-order valence-electron chi connectivity index (χ0n) is 13.4. The van der Waals surface area contributed by atoms with E-state index >= 15 is 0 Å². The molecule has 3 heteroatoms. The zero-order chi connectivity index (χ0) is 16.0. The Morgan fingerprint density at radius 3 is 2.74 bits per heavy atom. The summed E-state index contributed by atoms with van der Waals surface area (Å²) in [6.07, 6.45) is 5.26. The first-order chi connectivity index (χ1) is 11.1. The first-order valence-corrected chi connectivity index (χ1v) is 8.36. The van der Waals surface area contributed by atoms with Crippen LogP contribution < -0.4 is 4.74 Å². The Kier molecular flexibility index (Phi) is 3.50. The second-order valence-corrected chi connectivity index (χ2v) is 6.73. The summed E-state index contributed by atoms with van der Waals surface area (Å²) in [6.45, 7) is 0. The molecule has 0 bridgehead atoms. The summed E-state index contributed by atoms with van der Waals surface area (Å²) in [4.78, 5) is 0. The molecular formula is C20H19ClNO+. The third-order valence-corrected chi connectivity index (χ3v) is 4.86. The molecular weight excluding hydrogens is 306 g/mol. The van der Waals surface area contributed by atoms with Gasteiger partial charge in [0.15, 0.2) is 6.21 Å². The van der Waals surface area contributed by atoms with E-state index in [0.717, 1.165) is 52.3 Å². The first-order valence-electron chi connectivity index (χ1n) is 7.98. The SMILES string of the molecule is C[N+](C)=CC1=C2Oc3ccc4ccccc4c3C(Cl)=C2CCC1. The van der Waals surface area contributed by atoms with Gasteiger partial charge in [0.2, 0.25) is 0 Å². The molecule has 0 saturated carbocycles. The van der Waals surface area contributed by atoms with Crippen molar-refractivity contribution in [1.82, 2.24) is 0 Å². The molecule has 2 nitrogen and oxygen atoms in total. The molecule has 0 unspecified atom stereocenters. The third kappa shape index (κ3) is 2.38. The van der Waals surface area contributed by atoms with E-state index in [1.165, 1.54) is 11.0 Å². The third-order valence-electron chi connectivity index (χ3n) is 4.44. The lowest BCUT2D eigenvalue weighted by Gasteiger charge is -2.28. The second-order valence-electron chi connectivity index (χ2n) is 6.36. The van der Waals surface area contributed by atoms with E-state index in [2.05, 4.69) is 41.1 Å². The molecule has 23 heavy (non-hydrogen) atoms. The highest BCUT2D eigenvalue weighted by atomic mass is 35.5. The molecule has 0 atom stereocenters. The number of halogens is 1. The summed E-state index contributed by atoms with van der Waals surface area (Å²) in [5, 5.41) is 3.20. The van der Waals surface area contributed by atoms with E-state index in [1.807, 2.05) is 20.2 Å². The monoisotopic (exact) mass is 324 g/mol. The van der Waals surface area contributed by atoms with Crippen LogP contribution in [-0.4, -0.2) is 24.9 Å². The Hall–Kier alpha value is -2.06. The summed E-state index contributed by atoms with van der Waals surface area (Å²) < 4.78 is 8.38. The largest absolute Gasteiger partial charge is 0.456 e. The van der Waals surface area contributed by atoms with Crippen molar-refractivity contribution in [3.05, 3.63) is 58.9 Å². The van der Waals surface area contributed by atoms with Crippen LogP contribution in [0, 0.1) is 0 Å². The van der Waals surface area contributed by atoms with E-state index in [9.17, 15) is 0 Å². The molecule has 0 amide bonds. The van der Waals surface area contributed by atoms with Crippen LogP contribution in [0.1, 0.15) is 24.8 Å². The fraction of sp³-hybridized carbons (Fsp3) is 0.250. The molecule has 4 rings (SSSR count). The van der Waals surface area contributed by atoms with Gasteiger partial charge in [0.1, 0.15) is 25.6 Å². The lowest BCUT2D eigenvalue weighted by atomic mass is 9.89. The molecule has 1 aliphatic heterocycles. The Morgan fingerprint density at radius 1 is 1.09 bits per heavy atom. The number of hydrogen-bond donors (Lipinski definition) is 0. The Morgan fingerprint density at radius 2 is 1.91 bits per heavy atom. The van der Waals surface area contributed by atoms with Gasteiger partial charge in [-0.1, -0.05) is 41.9 Å². The maximum Gasteiger partial charge on any atom is 0.169 e. The standard InChI is InChI=1S/C20H19ClNO/c1-22(2)12-14-7-5-9-16-19(21)18-15-8-4-3-6-13(15)10-11-17(18)23-20(14)16/h3-4,6,8,10-12H,5,7,9H2,1-2H3/q+1. The normalized spacial score (nSPS) is 16.8. The number of ether oxygens (including phenoxy) is 1. The summed E-state index contributed by atoms with van der Waals surface area (Å²) in [5.74, 6) is 1.82. The van der Waals surface area contributed by atoms with Gasteiger partial charge in [-0.3, -0.25) is 0 Å². The van der Waals surface area contributed by atoms with Crippen molar-refractivity contribution in [2.45, 2.75) is 19.3 Å². The average molecular weight is 325 g/mol. The summed E-state index contributed by atoms with van der Waals surface area (Å²) in [7, 11) is 4.08. The molecule has 0 spiro atoms. The number of allylic oxidation sites excluding steroid dienone is 2. The molecule has 1 aliphatic carbocycles. The van der Waals surface area contributed by atoms with Crippen LogP contribution in [0.25, 0.3) is 15.8 Å². The fourth-order valence-electron chi connectivity index (χ4n) is 3.47. The predicted octanol–water partition coefficient (Wildman–Crippen LogP) is 4.96. The van der Waals surface area contributed by atoms with Gasteiger partial charge in [0.25, 0.3) is 0 Å². The molecule has 0 radical (unpaired) electrons. The quantitative estimate of drug-likeness (QED) is 0.533. The van der Waals surface area contributed by atoms with Gasteiger partial charge < -0.3 is 4.74 Å². The van der Waals surface area contributed by atoms with Gasteiger partial charge >= 0.3 is 0 Å². The number of hydrogen-bond acceptors (Lipinski definition) is 1. The van der Waals surface area contributed by atoms with Crippen LogP contribution in [0.3, 0.4) is 0 Å². The van der Waals surface area contributed by atoms with Crippen LogP contribution in [0.15, 0.2) is 53.3 Å². The Balaban J connectivity index is 2.00. The lowest BCUT2D eigenvalue weighted by molar-refractivity contribution is -0.459. The van der Waals surface area contributed by atoms with Crippen molar-refractivity contribution < 1.29 is 9.31 Å². The molecule has 0 saturated heterocycles. The van der Waals surface area contributed by atoms with Gasteiger partial charge in [-0.2, -0.15) is 0 Å². The van der Waals surface area contributed by atoms with Gasteiger partial charge in [-0.15, -0.1) is 0 Å². The summed E-state index contributed by atoms with van der Waals surface area (Å²) >= 11 is 6.84. The minimum absolute atomic E-state index is 0.849. The van der Waals surface area contributed by atoms with Crippen LogP contribution in [0.2, 0.25) is 0 Å². The van der Waals surface area contributed by atoms with Gasteiger partial charge in [0.05, 0.1) is 10.6 Å². The van der Waals surface area contributed by atoms with E-state index < -0.39 is 0 Å². The van der Waals surface area contributed by atoms with Crippen molar-refractivity contribution in [3.8, 4) is 5.75 Å². The first kappa shape index (κ1) is 14.5. The topological polar surface area (TPSA) is 12.2 Å². The average Bonchev–Trinajstić information content (AvgIpc) is 2.55. The minimum Gasteiger partial charge on any atom is -0.456 e. The maximum absolute atomic E-state index is 6.84. The van der Waals surface area contributed by atoms with Crippen molar-refractivity contribution in [3.63, 3.8) is 0 Å². The van der Waals surface area contributed by atoms with E-state index in [4.69, 9.17) is 16.3 Å².